The maximum atomic E-state index is 15.6. The molecule has 5 aromatic carbocycles. The molecule has 0 aromatic heterocycles. The first kappa shape index (κ1) is 21.8. The van der Waals surface area contributed by atoms with Crippen molar-refractivity contribution in [1.82, 2.24) is 0 Å². The summed E-state index contributed by atoms with van der Waals surface area (Å²) in [6.07, 6.45) is 1.58. The largest absolute Gasteiger partial charge is 0.309 e. The quantitative estimate of drug-likeness (QED) is 0.253. The van der Waals surface area contributed by atoms with Crippen LogP contribution in [0.3, 0.4) is 0 Å². The summed E-state index contributed by atoms with van der Waals surface area (Å²) in [5, 5.41) is 2.80. The fourth-order valence-electron chi connectivity index (χ4n) is 5.46. The zero-order valence-corrected chi connectivity index (χ0v) is 20.7. The fourth-order valence-corrected chi connectivity index (χ4v) is 8.60. The van der Waals surface area contributed by atoms with Crippen LogP contribution in [0.25, 0.3) is 11.1 Å². The second-order valence-electron chi connectivity index (χ2n) is 9.31. The lowest BCUT2D eigenvalue weighted by molar-refractivity contribution is 0.592. The first-order valence-corrected chi connectivity index (χ1v) is 13.9. The summed E-state index contributed by atoms with van der Waals surface area (Å²) in [5.74, 6) is 0. The Balaban J connectivity index is 1.59. The van der Waals surface area contributed by atoms with Gasteiger partial charge in [0, 0.05) is 15.9 Å². The molecule has 0 saturated heterocycles. The maximum absolute atomic E-state index is 15.6. The van der Waals surface area contributed by atoms with Gasteiger partial charge in [-0.05, 0) is 58.7 Å². The molecular weight excluding hydrogens is 443 g/mol. The fraction of sp³-hybridized carbons (Fsp3) is 0.0909. The van der Waals surface area contributed by atoms with E-state index in [2.05, 4.69) is 91.9 Å². The van der Waals surface area contributed by atoms with Crippen LogP contribution in [0.4, 0.5) is 0 Å². The van der Waals surface area contributed by atoms with Crippen LogP contribution in [0.15, 0.2) is 121 Å². The zero-order chi connectivity index (χ0) is 23.8. The zero-order valence-electron chi connectivity index (χ0n) is 19.8. The van der Waals surface area contributed by atoms with E-state index in [4.69, 9.17) is 0 Å². The summed E-state index contributed by atoms with van der Waals surface area (Å²) in [6, 6.07) is 41.8. The lowest BCUT2D eigenvalue weighted by atomic mass is 10.0. The molecule has 35 heavy (non-hydrogen) atoms. The molecule has 1 atom stereocenters. The normalized spacial score (nSPS) is 13.6. The molecule has 6 rings (SSSR count). The standard InChI is InChI=1S/C33H27OP/c1-24-12-5-6-13-25(24)22-27-15-8-10-20-32(27)35(34,28-16-3-2-4-17-28)33-21-11-19-30-29-18-9-7-14-26(29)23-31(30)33/h2-21H,22-23H2,1H3. The first-order valence-electron chi connectivity index (χ1n) is 12.2. The Morgan fingerprint density at radius 1 is 0.600 bits per heavy atom. The Bertz CT molecular complexity index is 1580. The highest BCUT2D eigenvalue weighted by Crippen LogP contribution is 2.48. The minimum absolute atomic E-state index is 0.759. The minimum atomic E-state index is -3.14. The molecule has 0 amide bonds. The molecule has 0 spiro atoms. The molecule has 0 bridgehead atoms. The summed E-state index contributed by atoms with van der Waals surface area (Å²) < 4.78 is 15.6. The molecule has 1 nitrogen and oxygen atoms in total. The predicted octanol–water partition coefficient (Wildman–Crippen LogP) is 6.80. The van der Waals surface area contributed by atoms with Gasteiger partial charge in [-0.1, -0.05) is 121 Å². The third-order valence-electron chi connectivity index (χ3n) is 7.26. The summed E-state index contributed by atoms with van der Waals surface area (Å²) in [5.41, 5.74) is 8.64. The molecule has 0 saturated carbocycles. The van der Waals surface area contributed by atoms with Crippen molar-refractivity contribution in [1.29, 1.82) is 0 Å². The van der Waals surface area contributed by atoms with E-state index in [9.17, 15) is 0 Å². The highest BCUT2D eigenvalue weighted by atomic mass is 31.2. The van der Waals surface area contributed by atoms with Crippen molar-refractivity contribution in [2.75, 3.05) is 0 Å². The average molecular weight is 471 g/mol. The molecule has 0 radical (unpaired) electrons. The summed E-state index contributed by atoms with van der Waals surface area (Å²) >= 11 is 0. The summed E-state index contributed by atoms with van der Waals surface area (Å²) in [7, 11) is -3.14. The van der Waals surface area contributed by atoms with E-state index < -0.39 is 7.14 Å². The van der Waals surface area contributed by atoms with E-state index in [1.807, 2.05) is 36.4 Å². The second kappa shape index (κ2) is 8.84. The smallest absolute Gasteiger partial charge is 0.171 e. The Hall–Kier alpha value is -3.67. The second-order valence-corrected chi connectivity index (χ2v) is 12.0. The van der Waals surface area contributed by atoms with Gasteiger partial charge in [-0.3, -0.25) is 0 Å². The molecule has 5 aromatic rings. The van der Waals surface area contributed by atoms with Crippen LogP contribution in [0.1, 0.15) is 27.8 Å². The molecule has 0 N–H and O–H groups in total. The highest BCUT2D eigenvalue weighted by Gasteiger charge is 2.36. The van der Waals surface area contributed by atoms with Crippen molar-refractivity contribution in [3.05, 3.63) is 149 Å². The lowest BCUT2D eigenvalue weighted by Crippen LogP contribution is -2.29. The van der Waals surface area contributed by atoms with Crippen molar-refractivity contribution in [3.63, 3.8) is 0 Å². The van der Waals surface area contributed by atoms with Crippen LogP contribution in [-0.4, -0.2) is 0 Å². The van der Waals surface area contributed by atoms with Gasteiger partial charge in [0.05, 0.1) is 0 Å². The third-order valence-corrected chi connectivity index (χ3v) is 10.5. The highest BCUT2D eigenvalue weighted by molar-refractivity contribution is 7.85. The number of aryl methyl sites for hydroxylation is 1. The first-order chi connectivity index (χ1) is 17.2. The molecule has 1 aliphatic carbocycles. The Labute approximate surface area is 207 Å². The summed E-state index contributed by atoms with van der Waals surface area (Å²) in [4.78, 5) is 0. The van der Waals surface area contributed by atoms with E-state index in [-0.39, 0.29) is 0 Å². The van der Waals surface area contributed by atoms with Gasteiger partial charge in [0.2, 0.25) is 0 Å². The number of rotatable bonds is 5. The predicted molar refractivity (Wildman–Crippen MR) is 148 cm³/mol. The van der Waals surface area contributed by atoms with E-state index >= 15 is 4.57 Å². The molecule has 1 unspecified atom stereocenters. The van der Waals surface area contributed by atoms with Crippen molar-refractivity contribution >= 4 is 23.1 Å². The third kappa shape index (κ3) is 3.68. The van der Waals surface area contributed by atoms with Gasteiger partial charge in [-0.25, -0.2) is 0 Å². The maximum Gasteiger partial charge on any atom is 0.171 e. The Morgan fingerprint density at radius 3 is 2.06 bits per heavy atom. The van der Waals surface area contributed by atoms with Crippen molar-refractivity contribution in [3.8, 4) is 11.1 Å². The number of fused-ring (bicyclic) bond motifs is 3. The molecule has 0 aliphatic heterocycles. The van der Waals surface area contributed by atoms with Crippen LogP contribution < -0.4 is 15.9 Å². The molecule has 0 fully saturated rings. The van der Waals surface area contributed by atoms with Crippen molar-refractivity contribution in [2.45, 2.75) is 19.8 Å². The molecule has 1 aliphatic rings. The van der Waals surface area contributed by atoms with E-state index in [0.717, 1.165) is 34.3 Å². The van der Waals surface area contributed by atoms with Gasteiger partial charge in [0.25, 0.3) is 0 Å². The molecule has 170 valence electrons. The van der Waals surface area contributed by atoms with Crippen LogP contribution in [0, 0.1) is 6.92 Å². The van der Waals surface area contributed by atoms with Gasteiger partial charge < -0.3 is 4.57 Å². The average Bonchev–Trinajstić information content (AvgIpc) is 3.29. The topological polar surface area (TPSA) is 17.1 Å². The van der Waals surface area contributed by atoms with E-state index in [0.29, 0.717) is 0 Å². The molecule has 0 heterocycles. The van der Waals surface area contributed by atoms with Crippen LogP contribution in [0.2, 0.25) is 0 Å². The SMILES string of the molecule is Cc1ccccc1Cc1ccccc1P(=O)(c1ccccc1)c1cccc2c1Cc1ccccc1-2. The van der Waals surface area contributed by atoms with Crippen molar-refractivity contribution in [2.24, 2.45) is 0 Å². The van der Waals surface area contributed by atoms with Crippen molar-refractivity contribution < 1.29 is 4.57 Å². The van der Waals surface area contributed by atoms with Crippen LogP contribution >= 0.6 is 7.14 Å². The number of benzene rings is 5. The monoisotopic (exact) mass is 470 g/mol. The molecular formula is C33H27OP. The Morgan fingerprint density at radius 2 is 1.23 bits per heavy atom. The Kier molecular flexibility index (Phi) is 5.51. The van der Waals surface area contributed by atoms with E-state index in [1.54, 1.807) is 0 Å². The van der Waals surface area contributed by atoms with Crippen LogP contribution in [-0.2, 0) is 17.4 Å². The van der Waals surface area contributed by atoms with Gasteiger partial charge in [-0.15, -0.1) is 0 Å². The number of hydrogen-bond acceptors (Lipinski definition) is 1. The molecule has 2 heteroatoms. The van der Waals surface area contributed by atoms with Gasteiger partial charge in [0.15, 0.2) is 7.14 Å². The van der Waals surface area contributed by atoms with Gasteiger partial charge in [-0.2, -0.15) is 0 Å². The lowest BCUT2D eigenvalue weighted by Gasteiger charge is -2.25. The van der Waals surface area contributed by atoms with Gasteiger partial charge in [0.1, 0.15) is 0 Å². The number of hydrogen-bond donors (Lipinski definition) is 0. The minimum Gasteiger partial charge on any atom is -0.309 e. The van der Waals surface area contributed by atoms with Crippen LogP contribution in [0.5, 0.6) is 0 Å². The van der Waals surface area contributed by atoms with Gasteiger partial charge >= 0.3 is 0 Å². The summed E-state index contributed by atoms with van der Waals surface area (Å²) in [6.45, 7) is 2.15. The van der Waals surface area contributed by atoms with E-state index in [1.165, 1.54) is 33.4 Å².